The minimum atomic E-state index is -1.03. The van der Waals surface area contributed by atoms with Crippen molar-refractivity contribution in [2.24, 2.45) is 11.7 Å². The highest BCUT2D eigenvalue weighted by Crippen LogP contribution is 2.16. The third-order valence-electron chi connectivity index (χ3n) is 10.5. The summed E-state index contributed by atoms with van der Waals surface area (Å²) in [5.74, 6) is -4.62. The smallest absolute Gasteiger partial charge is 0.408 e. The zero-order chi connectivity index (χ0) is 59.7. The first-order valence-electron chi connectivity index (χ1n) is 26.3. The van der Waals surface area contributed by atoms with Crippen molar-refractivity contribution in [2.75, 3.05) is 47.8 Å². The monoisotopic (exact) mass is 1120 g/mol. The Labute approximate surface area is 464 Å². The number of amides is 1. The number of aliphatic carboxylic acids is 1. The molecule has 0 heterocycles. The number of alkyl carbamates (subject to hydrolysis) is 1. The van der Waals surface area contributed by atoms with Crippen LogP contribution in [0.25, 0.3) is 0 Å². The summed E-state index contributed by atoms with van der Waals surface area (Å²) in [6.45, 7) is 12.9. The molecule has 22 heteroatoms. The predicted molar refractivity (Wildman–Crippen MR) is 288 cm³/mol. The minimum absolute atomic E-state index is 0.0441. The zero-order valence-corrected chi connectivity index (χ0v) is 47.6. The van der Waals surface area contributed by atoms with E-state index in [4.69, 9.17) is 44.0 Å². The van der Waals surface area contributed by atoms with Gasteiger partial charge in [0.1, 0.15) is 48.1 Å². The van der Waals surface area contributed by atoms with Gasteiger partial charge in [0.2, 0.25) is 0 Å². The molecule has 3 atom stereocenters. The van der Waals surface area contributed by atoms with E-state index in [1.54, 1.807) is 0 Å². The highest BCUT2D eigenvalue weighted by atomic mass is 16.6. The SMILES string of the molecule is COC(=O)C(CCC(=O)CCCOCCCC(=O)OC(C)(C)C)NC(=O)OCc1ccccc1.COC(=O)C(N)CCC(=O)CCCOCCCC(=O)OC(C)(C)C.COC(=O)[C@H](CCC(=O)O)CC(=O)OCc1ccccc1. The molecule has 22 nitrogen and oxygen atoms in total. The van der Waals surface area contributed by atoms with Crippen LogP contribution in [0.4, 0.5) is 4.79 Å². The molecular weight excluding hydrogens is 1030 g/mol. The van der Waals surface area contributed by atoms with Crippen molar-refractivity contribution in [3.05, 3.63) is 71.8 Å². The number of methoxy groups -OCH3 is 3. The first-order valence-corrected chi connectivity index (χ1v) is 26.3. The fourth-order valence-corrected chi connectivity index (χ4v) is 6.57. The molecule has 0 saturated carbocycles. The van der Waals surface area contributed by atoms with E-state index in [9.17, 15) is 47.9 Å². The highest BCUT2D eigenvalue weighted by molar-refractivity contribution is 5.84. The van der Waals surface area contributed by atoms with Crippen molar-refractivity contribution in [3.63, 3.8) is 0 Å². The Hall–Kier alpha value is -6.78. The van der Waals surface area contributed by atoms with Gasteiger partial charge in [0.15, 0.2) is 0 Å². The molecule has 444 valence electrons. The number of hydrogen-bond acceptors (Lipinski definition) is 20. The molecule has 2 aromatic rings. The van der Waals surface area contributed by atoms with Crippen LogP contribution in [-0.2, 0) is 99.0 Å². The van der Waals surface area contributed by atoms with Gasteiger partial charge in [-0.1, -0.05) is 60.7 Å². The number of nitrogens with two attached hydrogens (primary N) is 1. The van der Waals surface area contributed by atoms with E-state index < -0.39 is 65.1 Å². The quantitative estimate of drug-likeness (QED) is 0.0347. The van der Waals surface area contributed by atoms with E-state index in [-0.39, 0.29) is 81.7 Å². The predicted octanol–water partition coefficient (Wildman–Crippen LogP) is 7.25. The van der Waals surface area contributed by atoms with Gasteiger partial charge >= 0.3 is 47.9 Å². The minimum Gasteiger partial charge on any atom is -0.481 e. The maximum absolute atomic E-state index is 12.2. The lowest BCUT2D eigenvalue weighted by atomic mass is 9.99. The maximum Gasteiger partial charge on any atom is 0.408 e. The Kier molecular flexibility index (Phi) is 38.6. The van der Waals surface area contributed by atoms with Crippen LogP contribution in [0, 0.1) is 5.92 Å². The number of rotatable bonds is 35. The summed E-state index contributed by atoms with van der Waals surface area (Å²) < 4.78 is 45.2. The molecule has 2 rings (SSSR count). The van der Waals surface area contributed by atoms with Crippen molar-refractivity contribution < 1.29 is 95.7 Å². The number of ether oxygens (including phenoxy) is 9. The number of carbonyl (C=O) groups is 10. The van der Waals surface area contributed by atoms with Crippen molar-refractivity contribution in [1.29, 1.82) is 0 Å². The summed E-state index contributed by atoms with van der Waals surface area (Å²) in [6.07, 6.45) is 3.24. The molecule has 79 heavy (non-hydrogen) atoms. The Morgan fingerprint density at radius 3 is 1.34 bits per heavy atom. The number of hydrogen-bond donors (Lipinski definition) is 3. The van der Waals surface area contributed by atoms with Gasteiger partial charge < -0.3 is 58.8 Å². The fourth-order valence-electron chi connectivity index (χ4n) is 6.57. The molecule has 0 fully saturated rings. The average molecular weight is 1120 g/mol. The number of ketones is 2. The van der Waals surface area contributed by atoms with Crippen molar-refractivity contribution in [3.8, 4) is 0 Å². The third-order valence-corrected chi connectivity index (χ3v) is 10.5. The Morgan fingerprint density at radius 1 is 0.506 bits per heavy atom. The van der Waals surface area contributed by atoms with E-state index >= 15 is 0 Å². The third kappa shape index (κ3) is 41.9. The summed E-state index contributed by atoms with van der Waals surface area (Å²) >= 11 is 0. The number of carboxylic acids is 1. The molecule has 2 aromatic carbocycles. The molecule has 1 amide bonds. The molecular formula is C57H86N2O20. The van der Waals surface area contributed by atoms with Crippen molar-refractivity contribution >= 4 is 59.4 Å². The molecule has 2 unspecified atom stereocenters. The molecule has 0 saturated heterocycles. The number of benzene rings is 2. The summed E-state index contributed by atoms with van der Waals surface area (Å²) in [5.41, 5.74) is 6.25. The number of esters is 6. The van der Waals surface area contributed by atoms with Gasteiger partial charge in [-0.25, -0.2) is 9.59 Å². The van der Waals surface area contributed by atoms with Crippen LogP contribution in [0.5, 0.6) is 0 Å². The number of carbonyl (C=O) groups excluding carboxylic acids is 9. The van der Waals surface area contributed by atoms with Crippen LogP contribution in [0.3, 0.4) is 0 Å². The molecule has 0 aliphatic heterocycles. The van der Waals surface area contributed by atoms with Crippen molar-refractivity contribution in [1.82, 2.24) is 5.32 Å². The van der Waals surface area contributed by atoms with Gasteiger partial charge in [0.05, 0.1) is 33.7 Å². The van der Waals surface area contributed by atoms with Crippen LogP contribution in [-0.4, -0.2) is 136 Å². The highest BCUT2D eigenvalue weighted by Gasteiger charge is 2.26. The topological polar surface area (TPSA) is 312 Å². The van der Waals surface area contributed by atoms with Crippen LogP contribution >= 0.6 is 0 Å². The molecule has 0 radical (unpaired) electrons. The first-order chi connectivity index (χ1) is 37.3. The second kappa shape index (κ2) is 42.2. The average Bonchev–Trinajstić information content (AvgIpc) is 3.39. The summed E-state index contributed by atoms with van der Waals surface area (Å²) in [4.78, 5) is 116. The second-order valence-corrected chi connectivity index (χ2v) is 19.9. The van der Waals surface area contributed by atoms with E-state index in [1.807, 2.05) is 102 Å². The van der Waals surface area contributed by atoms with Crippen LogP contribution in [0.2, 0.25) is 0 Å². The lowest BCUT2D eigenvalue weighted by molar-refractivity contribution is -0.156. The molecule has 0 aliphatic carbocycles. The molecule has 4 N–H and O–H groups in total. The van der Waals surface area contributed by atoms with Gasteiger partial charge in [-0.2, -0.15) is 0 Å². The summed E-state index contributed by atoms with van der Waals surface area (Å²) in [6, 6.07) is 16.6. The first kappa shape index (κ1) is 72.2. The molecule has 0 spiro atoms. The van der Waals surface area contributed by atoms with E-state index in [0.29, 0.717) is 77.8 Å². The number of Topliss-reactive ketones (excluding diaryl/α,β-unsaturated/α-hetero) is 2. The molecule has 0 aliphatic rings. The molecule has 0 bridgehead atoms. The zero-order valence-electron chi connectivity index (χ0n) is 47.6. The summed E-state index contributed by atoms with van der Waals surface area (Å²) in [7, 11) is 3.68. The van der Waals surface area contributed by atoms with Crippen LogP contribution in [0.1, 0.15) is 149 Å². The summed E-state index contributed by atoms with van der Waals surface area (Å²) in [5, 5.41) is 11.1. The lowest BCUT2D eigenvalue weighted by Crippen LogP contribution is -2.42. The number of carboxylic acid groups (broad SMARTS) is 1. The normalized spacial score (nSPS) is 12.0. The van der Waals surface area contributed by atoms with E-state index in [0.717, 1.165) is 11.1 Å². The van der Waals surface area contributed by atoms with Gasteiger partial charge in [-0.05, 0) is 97.6 Å². The Bertz CT molecular complexity index is 2120. The standard InChI is InChI=1S/C25H37NO8.C17H31NO6.C15H18O6/c1-25(2,3)34-22(28)13-9-17-32-16-8-12-20(27)14-15-21(23(29)31-4)26-24(30)33-18-19-10-6-5-7-11-19;1-17(2,3)24-15(20)8-6-12-23-11-5-7-13(19)9-10-14(18)16(21)22-4;1-20-15(19)12(7-8-13(16)17)9-14(18)21-10-11-5-3-2-4-6-11/h5-7,10-11,21H,8-9,12-18H2,1-4H3,(H,26,30);14H,5-12,18H2,1-4H3;2-6,12H,7-10H2,1H3,(H,16,17)/t;;12-/m..1/s1. The lowest BCUT2D eigenvalue weighted by Gasteiger charge is -2.19. The van der Waals surface area contributed by atoms with Gasteiger partial charge in [0, 0.05) is 71.4 Å². The van der Waals surface area contributed by atoms with E-state index in [2.05, 4.69) is 14.8 Å². The van der Waals surface area contributed by atoms with Crippen molar-refractivity contribution in [2.45, 2.75) is 174 Å². The second-order valence-electron chi connectivity index (χ2n) is 19.9. The van der Waals surface area contributed by atoms with Gasteiger partial charge in [-0.3, -0.25) is 38.4 Å². The largest absolute Gasteiger partial charge is 0.481 e. The van der Waals surface area contributed by atoms with E-state index in [1.165, 1.54) is 21.3 Å². The van der Waals surface area contributed by atoms with Gasteiger partial charge in [0.25, 0.3) is 0 Å². The number of nitrogens with one attached hydrogen (secondary N) is 1. The Morgan fingerprint density at radius 2 is 0.924 bits per heavy atom. The van der Waals surface area contributed by atoms with Gasteiger partial charge in [-0.15, -0.1) is 0 Å². The Balaban J connectivity index is 0.00000120. The molecule has 0 aromatic heterocycles. The van der Waals surface area contributed by atoms with Crippen LogP contribution in [0.15, 0.2) is 60.7 Å². The maximum atomic E-state index is 12.2. The van der Waals surface area contributed by atoms with Crippen LogP contribution < -0.4 is 11.1 Å². The fraction of sp³-hybridized carbons (Fsp3) is 0.614.